The molecule has 5 N–H and O–H groups in total. The highest BCUT2D eigenvalue weighted by Crippen LogP contribution is 2.26. The first-order valence-electron chi connectivity index (χ1n) is 5.31. The molecule has 18 heavy (non-hydrogen) atoms. The van der Waals surface area contributed by atoms with E-state index in [-0.39, 0.29) is 17.5 Å². The molecule has 3 rings (SSSR count). The molecule has 0 bridgehead atoms. The summed E-state index contributed by atoms with van der Waals surface area (Å²) in [5.41, 5.74) is 12.6. The summed E-state index contributed by atoms with van der Waals surface area (Å²) in [4.78, 5) is 10.5. The van der Waals surface area contributed by atoms with E-state index < -0.39 is 5.82 Å². The Morgan fingerprint density at radius 1 is 1.11 bits per heavy atom. The number of nitrogens with one attached hydrogen (secondary N) is 1. The molecule has 0 aliphatic heterocycles. The smallest absolute Gasteiger partial charge is 0.222 e. The van der Waals surface area contributed by atoms with E-state index in [1.165, 1.54) is 0 Å². The zero-order chi connectivity index (χ0) is 12.7. The highest BCUT2D eigenvalue weighted by Gasteiger charge is 2.13. The van der Waals surface area contributed by atoms with Crippen LogP contribution in [0.2, 0.25) is 0 Å². The molecule has 0 saturated carbocycles. The summed E-state index contributed by atoms with van der Waals surface area (Å²) in [5, 5.41) is 0.961. The maximum absolute atomic E-state index is 13.9. The summed E-state index contributed by atoms with van der Waals surface area (Å²) in [5.74, 6) is -0.941. The van der Waals surface area contributed by atoms with Gasteiger partial charge in [-0.2, -0.15) is 4.98 Å². The zero-order valence-electron chi connectivity index (χ0n) is 9.31. The average Bonchev–Trinajstić information content (AvgIpc) is 2.80. The molecule has 0 spiro atoms. The number of aromatic nitrogens is 3. The minimum atomic E-state index is -0.654. The minimum absolute atomic E-state index is 0.0435. The molecule has 0 amide bonds. The Kier molecular flexibility index (Phi) is 2.16. The van der Waals surface area contributed by atoms with Crippen molar-refractivity contribution in [1.29, 1.82) is 0 Å². The van der Waals surface area contributed by atoms with E-state index >= 15 is 0 Å². The van der Waals surface area contributed by atoms with Crippen LogP contribution in [0, 0.1) is 5.82 Å². The van der Waals surface area contributed by atoms with Crippen molar-refractivity contribution >= 4 is 22.7 Å². The van der Waals surface area contributed by atoms with E-state index in [1.807, 2.05) is 24.4 Å². The van der Waals surface area contributed by atoms with Gasteiger partial charge in [-0.15, -0.1) is 0 Å². The van der Waals surface area contributed by atoms with Crippen LogP contribution in [0.15, 0.2) is 30.5 Å². The highest BCUT2D eigenvalue weighted by molar-refractivity contribution is 5.84. The summed E-state index contributed by atoms with van der Waals surface area (Å²) in [6.45, 7) is 0. The van der Waals surface area contributed by atoms with Gasteiger partial charge < -0.3 is 16.5 Å². The van der Waals surface area contributed by atoms with Crippen LogP contribution in [0.1, 0.15) is 0 Å². The predicted octanol–water partition coefficient (Wildman–Crippen LogP) is 1.93. The second kappa shape index (κ2) is 3.69. The Bertz CT molecular complexity index is 734. The van der Waals surface area contributed by atoms with Gasteiger partial charge in [0.2, 0.25) is 5.95 Å². The number of nitrogens with two attached hydrogens (primary N) is 2. The Hall–Kier alpha value is -2.63. The molecule has 0 radical (unpaired) electrons. The average molecular weight is 243 g/mol. The monoisotopic (exact) mass is 243 g/mol. The van der Waals surface area contributed by atoms with Crippen LogP contribution in [0.5, 0.6) is 0 Å². The van der Waals surface area contributed by atoms with Gasteiger partial charge in [-0.3, -0.25) is 0 Å². The number of hydrogen-bond acceptors (Lipinski definition) is 4. The van der Waals surface area contributed by atoms with E-state index in [1.54, 1.807) is 6.07 Å². The molecule has 0 fully saturated rings. The summed E-state index contributed by atoms with van der Waals surface area (Å²) < 4.78 is 13.9. The maximum Gasteiger partial charge on any atom is 0.222 e. The molecular weight excluding hydrogens is 233 g/mol. The molecule has 5 nitrogen and oxygen atoms in total. The van der Waals surface area contributed by atoms with Gasteiger partial charge in [-0.25, -0.2) is 9.37 Å². The predicted molar refractivity (Wildman–Crippen MR) is 68.1 cm³/mol. The van der Waals surface area contributed by atoms with Crippen LogP contribution in [0.25, 0.3) is 22.2 Å². The molecule has 0 aliphatic carbocycles. The van der Waals surface area contributed by atoms with E-state index in [0.717, 1.165) is 10.9 Å². The first-order valence-corrected chi connectivity index (χ1v) is 5.31. The van der Waals surface area contributed by atoms with Gasteiger partial charge in [0.1, 0.15) is 5.69 Å². The van der Waals surface area contributed by atoms with Gasteiger partial charge in [-0.05, 0) is 18.2 Å². The Morgan fingerprint density at radius 3 is 2.78 bits per heavy atom. The molecule has 0 unspecified atom stereocenters. The molecule has 0 saturated heterocycles. The maximum atomic E-state index is 13.9. The van der Waals surface area contributed by atoms with Crippen molar-refractivity contribution in [2.45, 2.75) is 0 Å². The van der Waals surface area contributed by atoms with Crippen molar-refractivity contribution in [2.24, 2.45) is 0 Å². The fourth-order valence-electron chi connectivity index (χ4n) is 1.87. The Morgan fingerprint density at radius 2 is 1.94 bits per heavy atom. The third-order valence-electron chi connectivity index (χ3n) is 2.72. The normalized spacial score (nSPS) is 10.9. The molecule has 6 heteroatoms. The van der Waals surface area contributed by atoms with Crippen LogP contribution < -0.4 is 11.5 Å². The lowest BCUT2D eigenvalue weighted by Gasteiger charge is -2.05. The van der Waals surface area contributed by atoms with Gasteiger partial charge in [0.05, 0.1) is 0 Å². The van der Waals surface area contributed by atoms with Crippen LogP contribution >= 0.6 is 0 Å². The topological polar surface area (TPSA) is 93.6 Å². The summed E-state index contributed by atoms with van der Waals surface area (Å²) in [6, 6.07) is 7.31. The number of hydrogen-bond donors (Lipinski definition) is 3. The van der Waals surface area contributed by atoms with Crippen LogP contribution in [-0.4, -0.2) is 15.0 Å². The van der Waals surface area contributed by atoms with Gasteiger partial charge in [0.25, 0.3) is 0 Å². The van der Waals surface area contributed by atoms with E-state index in [0.29, 0.717) is 5.56 Å². The van der Waals surface area contributed by atoms with Gasteiger partial charge in [0, 0.05) is 22.7 Å². The third kappa shape index (κ3) is 1.55. The van der Waals surface area contributed by atoms with Crippen LogP contribution in [-0.2, 0) is 0 Å². The number of halogens is 1. The molecule has 90 valence electrons. The number of anilines is 2. The van der Waals surface area contributed by atoms with E-state index in [9.17, 15) is 4.39 Å². The lowest BCUT2D eigenvalue weighted by Crippen LogP contribution is -2.05. The van der Waals surface area contributed by atoms with Crippen molar-refractivity contribution < 1.29 is 4.39 Å². The number of rotatable bonds is 1. The first-order chi connectivity index (χ1) is 8.65. The molecular formula is C12H10FN5. The quantitative estimate of drug-likeness (QED) is 0.608. The summed E-state index contributed by atoms with van der Waals surface area (Å²) in [6.07, 6.45) is 1.81. The van der Waals surface area contributed by atoms with Gasteiger partial charge >= 0.3 is 0 Å². The molecule has 2 heterocycles. The SMILES string of the molecule is Nc1nc(N)c(F)c(-c2ccc3[nH]ccc3c2)n1. The number of fused-ring (bicyclic) bond motifs is 1. The second-order valence-corrected chi connectivity index (χ2v) is 3.91. The molecule has 1 aromatic carbocycles. The van der Waals surface area contributed by atoms with Crippen molar-refractivity contribution in [1.82, 2.24) is 15.0 Å². The lowest BCUT2D eigenvalue weighted by molar-refractivity contribution is 0.625. The number of aromatic amines is 1. The first kappa shape index (κ1) is 10.5. The molecule has 2 aromatic heterocycles. The fourth-order valence-corrected chi connectivity index (χ4v) is 1.87. The number of nitrogens with zero attached hydrogens (tertiary/aromatic N) is 2. The van der Waals surface area contributed by atoms with Gasteiger partial charge in [0.15, 0.2) is 11.6 Å². The lowest BCUT2D eigenvalue weighted by atomic mass is 10.1. The molecule has 3 aromatic rings. The van der Waals surface area contributed by atoms with Gasteiger partial charge in [-0.1, -0.05) is 6.07 Å². The summed E-state index contributed by atoms with van der Waals surface area (Å²) >= 11 is 0. The van der Waals surface area contributed by atoms with Crippen LogP contribution in [0.3, 0.4) is 0 Å². The van der Waals surface area contributed by atoms with E-state index in [4.69, 9.17) is 11.5 Å². The molecule has 0 atom stereocenters. The summed E-state index contributed by atoms with van der Waals surface area (Å²) in [7, 11) is 0. The Labute approximate surface area is 102 Å². The second-order valence-electron chi connectivity index (χ2n) is 3.91. The van der Waals surface area contributed by atoms with Crippen molar-refractivity contribution in [2.75, 3.05) is 11.5 Å². The fraction of sp³-hybridized carbons (Fsp3) is 0. The minimum Gasteiger partial charge on any atom is -0.381 e. The zero-order valence-corrected chi connectivity index (χ0v) is 9.31. The van der Waals surface area contributed by atoms with E-state index in [2.05, 4.69) is 15.0 Å². The number of nitrogen functional groups attached to an aromatic ring is 2. The largest absolute Gasteiger partial charge is 0.381 e. The van der Waals surface area contributed by atoms with Crippen molar-refractivity contribution in [3.8, 4) is 11.3 Å². The number of H-pyrrole nitrogens is 1. The Balaban J connectivity index is 2.25. The standard InChI is InChI=1S/C12H10FN5/c13-9-10(17-12(15)18-11(9)14)7-1-2-8-6(5-7)3-4-16-8/h1-5,16H,(H4,14,15,17,18). The highest BCUT2D eigenvalue weighted by atomic mass is 19.1. The van der Waals surface area contributed by atoms with Crippen molar-refractivity contribution in [3.63, 3.8) is 0 Å². The van der Waals surface area contributed by atoms with Crippen molar-refractivity contribution in [3.05, 3.63) is 36.3 Å². The molecule has 0 aliphatic rings. The van der Waals surface area contributed by atoms with Crippen LogP contribution in [0.4, 0.5) is 16.2 Å². The third-order valence-corrected chi connectivity index (χ3v) is 2.72. The number of benzene rings is 1.